The maximum Gasteiger partial charge on any atom is 0.236 e. The average Bonchev–Trinajstić information content (AvgIpc) is 3.23. The number of carbonyl (C=O) groups excluding carboxylic acids is 1. The first kappa shape index (κ1) is 15.0. The predicted octanol–water partition coefficient (Wildman–Crippen LogP) is 2.70. The first-order valence-corrected chi connectivity index (χ1v) is 7.67. The lowest BCUT2D eigenvalue weighted by Gasteiger charge is -2.27. The van der Waals surface area contributed by atoms with Crippen molar-refractivity contribution in [1.82, 2.24) is 4.90 Å². The van der Waals surface area contributed by atoms with Gasteiger partial charge in [-0.1, -0.05) is 49.5 Å². The number of carbonyl (C=O) groups is 1. The van der Waals surface area contributed by atoms with Gasteiger partial charge in [-0.3, -0.25) is 4.79 Å². The van der Waals surface area contributed by atoms with E-state index in [0.717, 1.165) is 25.1 Å². The van der Waals surface area contributed by atoms with Crippen molar-refractivity contribution in [2.24, 2.45) is 11.7 Å². The molecule has 1 fully saturated rings. The van der Waals surface area contributed by atoms with Gasteiger partial charge in [-0.05, 0) is 30.7 Å². The number of hydrogen-bond acceptors (Lipinski definition) is 2. The molecule has 0 saturated heterocycles. The first-order chi connectivity index (χ1) is 9.63. The van der Waals surface area contributed by atoms with Crippen LogP contribution < -0.4 is 5.73 Å². The summed E-state index contributed by atoms with van der Waals surface area (Å²) in [6.07, 6.45) is 3.42. The van der Waals surface area contributed by atoms with Crippen LogP contribution in [0.4, 0.5) is 0 Å². The summed E-state index contributed by atoms with van der Waals surface area (Å²) in [7, 11) is 0. The Bertz CT molecular complexity index is 471. The van der Waals surface area contributed by atoms with Crippen molar-refractivity contribution in [1.29, 1.82) is 0 Å². The highest BCUT2D eigenvalue weighted by Crippen LogP contribution is 2.31. The minimum atomic E-state index is -0.489. The molecule has 0 bridgehead atoms. The zero-order chi connectivity index (χ0) is 14.5. The van der Waals surface area contributed by atoms with Crippen LogP contribution in [0.3, 0.4) is 0 Å². The summed E-state index contributed by atoms with van der Waals surface area (Å²) in [6, 6.07) is 9.60. The van der Waals surface area contributed by atoms with Crippen LogP contribution in [0.25, 0.3) is 0 Å². The molecule has 20 heavy (non-hydrogen) atoms. The van der Waals surface area contributed by atoms with Crippen LogP contribution in [0.15, 0.2) is 30.3 Å². The molecule has 3 nitrogen and oxygen atoms in total. The zero-order valence-corrected chi connectivity index (χ0v) is 12.7. The van der Waals surface area contributed by atoms with Gasteiger partial charge in [0.2, 0.25) is 5.91 Å². The number of nitrogens with two attached hydrogens (primary N) is 1. The molecule has 1 aromatic rings. The van der Waals surface area contributed by atoms with E-state index in [9.17, 15) is 4.79 Å². The van der Waals surface area contributed by atoms with Crippen molar-refractivity contribution in [3.8, 4) is 0 Å². The maximum atomic E-state index is 12.8. The largest absolute Gasteiger partial charge is 0.392 e. The number of thiocarbonyl (C=S) groups is 1. The highest BCUT2D eigenvalue weighted by molar-refractivity contribution is 7.80. The first-order valence-electron chi connectivity index (χ1n) is 7.26. The van der Waals surface area contributed by atoms with Crippen LogP contribution in [0.5, 0.6) is 0 Å². The predicted molar refractivity (Wildman–Crippen MR) is 85.6 cm³/mol. The van der Waals surface area contributed by atoms with Gasteiger partial charge in [0.15, 0.2) is 0 Å². The highest BCUT2D eigenvalue weighted by atomic mass is 32.1. The molecule has 1 saturated carbocycles. The van der Waals surface area contributed by atoms with E-state index >= 15 is 0 Å². The van der Waals surface area contributed by atoms with Gasteiger partial charge in [0, 0.05) is 13.1 Å². The fraction of sp³-hybridized carbons (Fsp3) is 0.500. The quantitative estimate of drug-likeness (QED) is 0.785. The Morgan fingerprint density at radius 2 is 2.05 bits per heavy atom. The molecule has 4 heteroatoms. The summed E-state index contributed by atoms with van der Waals surface area (Å²) in [5, 5.41) is 0. The monoisotopic (exact) mass is 290 g/mol. The average molecular weight is 290 g/mol. The maximum absolute atomic E-state index is 12.8. The lowest BCUT2D eigenvalue weighted by atomic mass is 9.97. The SMILES string of the molecule is CCCN(CC1CC1)C(=O)C(C(N)=S)c1ccccc1. The molecule has 0 aliphatic heterocycles. The van der Waals surface area contributed by atoms with Gasteiger partial charge in [-0.15, -0.1) is 0 Å². The Morgan fingerprint density at radius 3 is 2.55 bits per heavy atom. The minimum absolute atomic E-state index is 0.0532. The summed E-state index contributed by atoms with van der Waals surface area (Å²) in [5.74, 6) is 0.238. The number of rotatable bonds is 7. The van der Waals surface area contributed by atoms with E-state index in [2.05, 4.69) is 6.92 Å². The van der Waals surface area contributed by atoms with E-state index in [1.807, 2.05) is 35.2 Å². The van der Waals surface area contributed by atoms with Gasteiger partial charge in [0.25, 0.3) is 0 Å². The van der Waals surface area contributed by atoms with Crippen LogP contribution in [0.1, 0.15) is 37.7 Å². The van der Waals surface area contributed by atoms with E-state index in [4.69, 9.17) is 18.0 Å². The van der Waals surface area contributed by atoms with Gasteiger partial charge < -0.3 is 10.6 Å². The lowest BCUT2D eigenvalue weighted by molar-refractivity contribution is -0.131. The van der Waals surface area contributed by atoms with Crippen molar-refractivity contribution in [2.45, 2.75) is 32.1 Å². The Balaban J connectivity index is 2.18. The standard InChI is InChI=1S/C16H22N2OS/c1-2-10-18(11-12-8-9-12)16(19)14(15(17)20)13-6-4-3-5-7-13/h3-7,12,14H,2,8-11H2,1H3,(H2,17,20). The molecule has 0 spiro atoms. The number of benzene rings is 1. The lowest BCUT2D eigenvalue weighted by Crippen LogP contribution is -2.41. The Hall–Kier alpha value is -1.42. The van der Waals surface area contributed by atoms with Crippen LogP contribution >= 0.6 is 12.2 Å². The Kier molecular flexibility index (Phi) is 5.12. The van der Waals surface area contributed by atoms with E-state index in [1.54, 1.807) is 0 Å². The molecular formula is C16H22N2OS. The van der Waals surface area contributed by atoms with E-state index in [1.165, 1.54) is 12.8 Å². The number of nitrogens with zero attached hydrogens (tertiary/aromatic N) is 1. The summed E-state index contributed by atoms with van der Waals surface area (Å²) in [6.45, 7) is 3.71. The number of amides is 1. The third kappa shape index (κ3) is 3.79. The topological polar surface area (TPSA) is 46.3 Å². The Labute approximate surface area is 126 Å². The third-order valence-corrected chi connectivity index (χ3v) is 3.88. The number of hydrogen-bond donors (Lipinski definition) is 1. The molecule has 0 aromatic heterocycles. The fourth-order valence-electron chi connectivity index (χ4n) is 2.43. The van der Waals surface area contributed by atoms with Crippen LogP contribution in [-0.4, -0.2) is 28.9 Å². The van der Waals surface area contributed by atoms with E-state index in [0.29, 0.717) is 5.92 Å². The van der Waals surface area contributed by atoms with E-state index < -0.39 is 5.92 Å². The summed E-state index contributed by atoms with van der Waals surface area (Å²) in [4.78, 5) is 15.0. The van der Waals surface area contributed by atoms with Gasteiger partial charge >= 0.3 is 0 Å². The fourth-order valence-corrected chi connectivity index (χ4v) is 2.67. The summed E-state index contributed by atoms with van der Waals surface area (Å²) < 4.78 is 0. The van der Waals surface area contributed by atoms with Gasteiger partial charge in [0.05, 0.1) is 4.99 Å². The zero-order valence-electron chi connectivity index (χ0n) is 11.9. The second-order valence-electron chi connectivity index (χ2n) is 5.47. The smallest absolute Gasteiger partial charge is 0.236 e. The molecule has 0 radical (unpaired) electrons. The van der Waals surface area contributed by atoms with Crippen LogP contribution in [-0.2, 0) is 4.79 Å². The minimum Gasteiger partial charge on any atom is -0.392 e. The normalized spacial score (nSPS) is 15.7. The molecule has 108 valence electrons. The molecule has 1 aliphatic carbocycles. The second-order valence-corrected chi connectivity index (χ2v) is 5.95. The molecule has 0 heterocycles. The summed E-state index contributed by atoms with van der Waals surface area (Å²) in [5.41, 5.74) is 6.72. The molecule has 2 N–H and O–H groups in total. The molecule has 1 aromatic carbocycles. The third-order valence-electron chi connectivity index (χ3n) is 3.65. The van der Waals surface area contributed by atoms with Gasteiger partial charge in [-0.25, -0.2) is 0 Å². The van der Waals surface area contributed by atoms with Gasteiger partial charge in [-0.2, -0.15) is 0 Å². The van der Waals surface area contributed by atoms with Crippen molar-refractivity contribution in [2.75, 3.05) is 13.1 Å². The summed E-state index contributed by atoms with van der Waals surface area (Å²) >= 11 is 5.14. The second kappa shape index (κ2) is 6.84. The Morgan fingerprint density at radius 1 is 1.40 bits per heavy atom. The molecule has 2 rings (SSSR count). The molecule has 1 unspecified atom stereocenters. The molecule has 1 amide bonds. The van der Waals surface area contributed by atoms with Gasteiger partial charge in [0.1, 0.15) is 5.92 Å². The van der Waals surface area contributed by atoms with E-state index in [-0.39, 0.29) is 10.9 Å². The van der Waals surface area contributed by atoms with Crippen molar-refractivity contribution in [3.05, 3.63) is 35.9 Å². The highest BCUT2D eigenvalue weighted by Gasteiger charge is 2.32. The van der Waals surface area contributed by atoms with Crippen molar-refractivity contribution >= 4 is 23.1 Å². The molecule has 1 atom stereocenters. The van der Waals surface area contributed by atoms with Crippen LogP contribution in [0.2, 0.25) is 0 Å². The molecular weight excluding hydrogens is 268 g/mol. The van der Waals surface area contributed by atoms with Crippen molar-refractivity contribution in [3.63, 3.8) is 0 Å². The molecule has 1 aliphatic rings. The van der Waals surface area contributed by atoms with Crippen molar-refractivity contribution < 1.29 is 4.79 Å². The van der Waals surface area contributed by atoms with Crippen LogP contribution in [0, 0.1) is 5.92 Å².